The van der Waals surface area contributed by atoms with E-state index in [1.54, 1.807) is 0 Å². The zero-order chi connectivity index (χ0) is 53.6. The fourth-order valence-corrected chi connectivity index (χ4v) is 9.17. The molecule has 1 unspecified atom stereocenters. The summed E-state index contributed by atoms with van der Waals surface area (Å²) in [6.07, 6.45) is 80.5. The van der Waals surface area contributed by atoms with Crippen LogP contribution in [-0.4, -0.2) is 37.2 Å². The predicted molar refractivity (Wildman–Crippen MR) is 321 cm³/mol. The van der Waals surface area contributed by atoms with Crippen LogP contribution >= 0.6 is 0 Å². The molecule has 0 radical (unpaired) electrons. The molecule has 0 bridgehead atoms. The van der Waals surface area contributed by atoms with Crippen molar-refractivity contribution in [3.05, 3.63) is 72.9 Å². The van der Waals surface area contributed by atoms with Gasteiger partial charge in [-0.15, -0.1) is 0 Å². The van der Waals surface area contributed by atoms with E-state index in [2.05, 4.69) is 93.7 Å². The number of carbonyl (C=O) groups excluding carboxylic acids is 3. The van der Waals surface area contributed by atoms with Crippen LogP contribution in [0.2, 0.25) is 0 Å². The molecular weight excluding hydrogens is 913 g/mol. The number of hydrogen-bond acceptors (Lipinski definition) is 6. The molecule has 74 heavy (non-hydrogen) atoms. The average molecular weight is 1030 g/mol. The summed E-state index contributed by atoms with van der Waals surface area (Å²) in [7, 11) is 0. The van der Waals surface area contributed by atoms with E-state index in [0.717, 1.165) is 96.3 Å². The minimum atomic E-state index is -0.792. The van der Waals surface area contributed by atoms with Crippen LogP contribution in [0, 0.1) is 0 Å². The fourth-order valence-electron chi connectivity index (χ4n) is 9.17. The van der Waals surface area contributed by atoms with Crippen molar-refractivity contribution in [2.75, 3.05) is 13.2 Å². The zero-order valence-corrected chi connectivity index (χ0v) is 49.1. The Morgan fingerprint density at radius 3 is 0.851 bits per heavy atom. The first kappa shape index (κ1) is 70.8. The van der Waals surface area contributed by atoms with Gasteiger partial charge in [0.25, 0.3) is 0 Å². The van der Waals surface area contributed by atoms with Crippen LogP contribution in [0.5, 0.6) is 0 Å². The van der Waals surface area contributed by atoms with Gasteiger partial charge >= 0.3 is 17.9 Å². The minimum absolute atomic E-state index is 0.0860. The van der Waals surface area contributed by atoms with Crippen molar-refractivity contribution in [3.8, 4) is 0 Å². The lowest BCUT2D eigenvalue weighted by molar-refractivity contribution is -0.167. The highest BCUT2D eigenvalue weighted by atomic mass is 16.6. The smallest absolute Gasteiger partial charge is 0.306 e. The molecule has 0 saturated carbocycles. The zero-order valence-electron chi connectivity index (χ0n) is 49.1. The quantitative estimate of drug-likeness (QED) is 0.0261. The SMILES string of the molecule is CC/C=C\C/C=C\C/C=C\C/C=C\C/C=C\CCCCCC(=O)OC(COC(=O)CCCCCCCCCCCCC/C=C\CCCCCCCCCC)COC(=O)CCCCCCCCCCCCCCCC. The minimum Gasteiger partial charge on any atom is -0.462 e. The normalized spacial score (nSPS) is 12.5. The molecule has 0 aliphatic rings. The molecule has 0 aromatic carbocycles. The van der Waals surface area contributed by atoms with Gasteiger partial charge in [-0.05, 0) is 89.9 Å². The lowest BCUT2D eigenvalue weighted by atomic mass is 10.0. The lowest BCUT2D eigenvalue weighted by Gasteiger charge is -2.18. The van der Waals surface area contributed by atoms with E-state index < -0.39 is 6.10 Å². The van der Waals surface area contributed by atoms with Gasteiger partial charge in [0, 0.05) is 19.3 Å². The van der Waals surface area contributed by atoms with Crippen molar-refractivity contribution in [3.63, 3.8) is 0 Å². The molecule has 1 atom stereocenters. The molecule has 0 heterocycles. The number of allylic oxidation sites excluding steroid dienone is 12. The van der Waals surface area contributed by atoms with Crippen LogP contribution < -0.4 is 0 Å². The van der Waals surface area contributed by atoms with E-state index in [-0.39, 0.29) is 31.1 Å². The number of hydrogen-bond donors (Lipinski definition) is 0. The monoisotopic (exact) mass is 1030 g/mol. The molecular formula is C68H120O6. The van der Waals surface area contributed by atoms with E-state index in [0.29, 0.717) is 19.3 Å². The van der Waals surface area contributed by atoms with Crippen LogP contribution in [0.25, 0.3) is 0 Å². The lowest BCUT2D eigenvalue weighted by Crippen LogP contribution is -2.30. The summed E-state index contributed by atoms with van der Waals surface area (Å²) in [5.41, 5.74) is 0. The molecule has 0 aromatic heterocycles. The van der Waals surface area contributed by atoms with Crippen LogP contribution in [0.1, 0.15) is 323 Å². The Morgan fingerprint density at radius 2 is 0.527 bits per heavy atom. The first-order valence-electron chi connectivity index (χ1n) is 31.9. The van der Waals surface area contributed by atoms with E-state index in [9.17, 15) is 14.4 Å². The number of ether oxygens (including phenoxy) is 3. The number of unbranched alkanes of at least 4 members (excludes halogenated alkanes) is 35. The van der Waals surface area contributed by atoms with Gasteiger partial charge in [-0.3, -0.25) is 14.4 Å². The Balaban J connectivity index is 4.36. The predicted octanol–water partition coefficient (Wildman–Crippen LogP) is 21.7. The van der Waals surface area contributed by atoms with Crippen molar-refractivity contribution in [2.24, 2.45) is 0 Å². The molecule has 0 aliphatic heterocycles. The third kappa shape index (κ3) is 59.7. The Morgan fingerprint density at radius 1 is 0.284 bits per heavy atom. The van der Waals surface area contributed by atoms with Gasteiger partial charge in [0.2, 0.25) is 0 Å². The summed E-state index contributed by atoms with van der Waals surface area (Å²) in [6.45, 7) is 6.54. The van der Waals surface area contributed by atoms with Crippen LogP contribution in [0.4, 0.5) is 0 Å². The number of carbonyl (C=O) groups is 3. The highest BCUT2D eigenvalue weighted by Crippen LogP contribution is 2.17. The molecule has 428 valence electrons. The Hall–Kier alpha value is -3.15. The molecule has 0 aromatic rings. The molecule has 0 N–H and O–H groups in total. The Kier molecular flexibility index (Phi) is 59.7. The second-order valence-corrected chi connectivity index (χ2v) is 21.3. The molecule has 0 fully saturated rings. The molecule has 0 saturated heterocycles. The van der Waals surface area contributed by atoms with Crippen molar-refractivity contribution < 1.29 is 28.6 Å². The van der Waals surface area contributed by atoms with Gasteiger partial charge in [-0.25, -0.2) is 0 Å². The van der Waals surface area contributed by atoms with Crippen molar-refractivity contribution in [1.29, 1.82) is 0 Å². The van der Waals surface area contributed by atoms with Crippen molar-refractivity contribution >= 4 is 17.9 Å². The molecule has 0 spiro atoms. The van der Waals surface area contributed by atoms with E-state index in [1.165, 1.54) is 186 Å². The number of rotatable bonds is 58. The van der Waals surface area contributed by atoms with Crippen molar-refractivity contribution in [2.45, 2.75) is 329 Å². The van der Waals surface area contributed by atoms with Crippen LogP contribution in [-0.2, 0) is 28.6 Å². The molecule has 6 heteroatoms. The standard InChI is InChI=1S/C68H120O6/c1-4-7-10-13-16-19-22-25-28-30-32-33-34-35-37-38-40-43-46-49-52-55-58-61-67(70)73-64-65(63-72-66(69)60-57-54-51-48-45-42-27-24-21-18-15-12-9-6-3)74-68(71)62-59-56-53-50-47-44-41-39-36-31-29-26-23-20-17-14-11-8-5-2/h8,11,17,20,26,29-30,32,36,39,44,47,65H,4-7,9-10,12-16,18-19,21-25,27-28,31,33-35,37-38,40-43,45-46,48-64H2,1-3H3/b11-8-,20-17-,29-26-,32-30-,39-36-,47-44-. The molecule has 0 amide bonds. The summed E-state index contributed by atoms with van der Waals surface area (Å²) >= 11 is 0. The fraction of sp³-hybridized carbons (Fsp3) is 0.779. The summed E-state index contributed by atoms with van der Waals surface area (Å²) < 4.78 is 16.9. The van der Waals surface area contributed by atoms with Crippen LogP contribution in [0.3, 0.4) is 0 Å². The Bertz CT molecular complexity index is 1370. The molecule has 0 rings (SSSR count). The average Bonchev–Trinajstić information content (AvgIpc) is 3.40. The van der Waals surface area contributed by atoms with Gasteiger partial charge in [-0.2, -0.15) is 0 Å². The third-order valence-electron chi connectivity index (χ3n) is 13.9. The summed E-state index contributed by atoms with van der Waals surface area (Å²) in [5, 5.41) is 0. The molecule has 0 aliphatic carbocycles. The maximum absolute atomic E-state index is 12.9. The number of esters is 3. The van der Waals surface area contributed by atoms with E-state index in [4.69, 9.17) is 14.2 Å². The van der Waals surface area contributed by atoms with E-state index in [1.807, 2.05) is 0 Å². The summed E-state index contributed by atoms with van der Waals surface area (Å²) in [4.78, 5) is 38.3. The highest BCUT2D eigenvalue weighted by Gasteiger charge is 2.19. The second-order valence-electron chi connectivity index (χ2n) is 21.3. The van der Waals surface area contributed by atoms with Crippen molar-refractivity contribution in [1.82, 2.24) is 0 Å². The Labute approximate surface area is 459 Å². The maximum atomic E-state index is 12.9. The first-order chi connectivity index (χ1) is 36.5. The summed E-state index contributed by atoms with van der Waals surface area (Å²) in [5.74, 6) is -0.904. The first-order valence-corrected chi connectivity index (χ1v) is 31.9. The largest absolute Gasteiger partial charge is 0.462 e. The maximum Gasteiger partial charge on any atom is 0.306 e. The summed E-state index contributed by atoms with van der Waals surface area (Å²) in [6, 6.07) is 0. The third-order valence-corrected chi connectivity index (χ3v) is 13.9. The van der Waals surface area contributed by atoms with Crippen LogP contribution in [0.15, 0.2) is 72.9 Å². The second kappa shape index (κ2) is 62.4. The topological polar surface area (TPSA) is 78.9 Å². The van der Waals surface area contributed by atoms with Gasteiger partial charge in [0.1, 0.15) is 13.2 Å². The van der Waals surface area contributed by atoms with E-state index >= 15 is 0 Å². The highest BCUT2D eigenvalue weighted by molar-refractivity contribution is 5.71. The van der Waals surface area contributed by atoms with Gasteiger partial charge < -0.3 is 14.2 Å². The molecule has 6 nitrogen and oxygen atoms in total. The van der Waals surface area contributed by atoms with Gasteiger partial charge in [0.15, 0.2) is 6.10 Å². The van der Waals surface area contributed by atoms with Gasteiger partial charge in [0.05, 0.1) is 0 Å². The van der Waals surface area contributed by atoms with Gasteiger partial charge in [-0.1, -0.05) is 286 Å².